The quantitative estimate of drug-likeness (QED) is 0.184. The van der Waals surface area contributed by atoms with Crippen molar-refractivity contribution in [2.75, 3.05) is 13.6 Å². The van der Waals surface area contributed by atoms with Crippen LogP contribution in [-0.2, 0) is 16.1 Å². The molecule has 1 aromatic heterocycles. The van der Waals surface area contributed by atoms with Crippen LogP contribution in [0.1, 0.15) is 44.2 Å². The summed E-state index contributed by atoms with van der Waals surface area (Å²) in [7, 11) is 1.71. The van der Waals surface area contributed by atoms with E-state index in [4.69, 9.17) is 9.15 Å². The maximum absolute atomic E-state index is 11.8. The fraction of sp³-hybridized carbons (Fsp3) is 0.476. The molecule has 1 fully saturated rings. The highest BCUT2D eigenvalue weighted by Gasteiger charge is 2.18. The monoisotopic (exact) mass is 512 g/mol. The maximum atomic E-state index is 11.8. The first-order valence-electron chi connectivity index (χ1n) is 9.88. The molecule has 29 heavy (non-hydrogen) atoms. The van der Waals surface area contributed by atoms with Crippen molar-refractivity contribution in [1.29, 1.82) is 0 Å². The predicted octanol–water partition coefficient (Wildman–Crippen LogP) is 3.89. The molecule has 0 saturated heterocycles. The van der Waals surface area contributed by atoms with Gasteiger partial charge in [0.25, 0.3) is 0 Å². The smallest absolute Gasteiger partial charge is 0.306 e. The Hall–Kier alpha value is -2.10. The molecule has 2 aromatic rings. The molecule has 3 rings (SSSR count). The Kier molecular flexibility index (Phi) is 9.96. The Morgan fingerprint density at radius 3 is 2.72 bits per heavy atom. The predicted molar refractivity (Wildman–Crippen MR) is 123 cm³/mol. The molecule has 0 aliphatic heterocycles. The highest BCUT2D eigenvalue weighted by Crippen LogP contribution is 2.21. The minimum absolute atomic E-state index is 0. The van der Waals surface area contributed by atoms with Crippen LogP contribution in [0.2, 0.25) is 0 Å². The van der Waals surface area contributed by atoms with Crippen molar-refractivity contribution in [2.24, 2.45) is 4.99 Å². The summed E-state index contributed by atoms with van der Waals surface area (Å²) < 4.78 is 11.0. The number of halogens is 1. The summed E-state index contributed by atoms with van der Waals surface area (Å²) in [4.78, 5) is 20.5. The molecule has 1 heterocycles. The third-order valence-corrected chi connectivity index (χ3v) is 4.68. The number of benzene rings is 1. The van der Waals surface area contributed by atoms with Crippen LogP contribution in [-0.4, -0.2) is 36.6 Å². The number of carbonyl (C=O) groups is 1. The summed E-state index contributed by atoms with van der Waals surface area (Å²) >= 11 is 0. The van der Waals surface area contributed by atoms with E-state index in [2.05, 4.69) is 20.6 Å². The van der Waals surface area contributed by atoms with Crippen LogP contribution < -0.4 is 10.6 Å². The summed E-state index contributed by atoms with van der Waals surface area (Å²) in [6.07, 6.45) is 7.25. The summed E-state index contributed by atoms with van der Waals surface area (Å²) in [5.41, 5.74) is 1.74. The molecule has 7 nitrogen and oxygen atoms in total. The van der Waals surface area contributed by atoms with Gasteiger partial charge in [-0.05, 0) is 44.2 Å². The number of ether oxygens (including phenoxy) is 1. The minimum Gasteiger partial charge on any atom is -0.462 e. The van der Waals surface area contributed by atoms with E-state index in [0.29, 0.717) is 37.8 Å². The van der Waals surface area contributed by atoms with Gasteiger partial charge in [-0.25, -0.2) is 4.98 Å². The molecule has 0 amide bonds. The number of aliphatic imine (C=N–C) groups is 1. The molecular weight excluding hydrogens is 483 g/mol. The molecule has 0 atom stereocenters. The molecule has 0 spiro atoms. The van der Waals surface area contributed by atoms with E-state index in [-0.39, 0.29) is 36.0 Å². The second-order valence-corrected chi connectivity index (χ2v) is 6.86. The SMILES string of the molecule is CN=C(NCCCC(=O)OC1CCCC1)NCc1coc(-c2ccccc2)n1.I. The third kappa shape index (κ3) is 7.68. The number of carbonyl (C=O) groups excluding carboxylic acids is 1. The van der Waals surface area contributed by atoms with Crippen LogP contribution in [0.3, 0.4) is 0 Å². The van der Waals surface area contributed by atoms with Gasteiger partial charge in [0.05, 0.1) is 12.2 Å². The number of nitrogens with zero attached hydrogens (tertiary/aromatic N) is 2. The average Bonchev–Trinajstić information content (AvgIpc) is 3.40. The van der Waals surface area contributed by atoms with Crippen LogP contribution in [0, 0.1) is 0 Å². The molecule has 0 unspecified atom stereocenters. The van der Waals surface area contributed by atoms with Gasteiger partial charge in [-0.15, -0.1) is 24.0 Å². The number of esters is 1. The van der Waals surface area contributed by atoms with Gasteiger partial charge in [0.15, 0.2) is 5.96 Å². The molecule has 8 heteroatoms. The van der Waals surface area contributed by atoms with E-state index in [0.717, 1.165) is 24.1 Å². The van der Waals surface area contributed by atoms with Gasteiger partial charge in [0.1, 0.15) is 12.4 Å². The first kappa shape index (κ1) is 23.2. The fourth-order valence-corrected chi connectivity index (χ4v) is 3.19. The van der Waals surface area contributed by atoms with Crippen molar-refractivity contribution in [3.63, 3.8) is 0 Å². The van der Waals surface area contributed by atoms with Crippen molar-refractivity contribution in [1.82, 2.24) is 15.6 Å². The van der Waals surface area contributed by atoms with Crippen molar-refractivity contribution in [2.45, 2.75) is 51.2 Å². The first-order chi connectivity index (χ1) is 13.7. The highest BCUT2D eigenvalue weighted by molar-refractivity contribution is 14.0. The lowest BCUT2D eigenvalue weighted by molar-refractivity contribution is -0.148. The minimum atomic E-state index is -0.104. The van der Waals surface area contributed by atoms with Crippen LogP contribution in [0.4, 0.5) is 0 Å². The first-order valence-corrected chi connectivity index (χ1v) is 9.88. The van der Waals surface area contributed by atoms with Gasteiger partial charge in [-0.2, -0.15) is 0 Å². The van der Waals surface area contributed by atoms with Gasteiger partial charge >= 0.3 is 5.97 Å². The van der Waals surface area contributed by atoms with E-state index >= 15 is 0 Å². The standard InChI is InChI=1S/C21H28N4O3.HI/c1-22-21(23-13-7-12-19(26)28-18-10-5-6-11-18)24-14-17-15-27-20(25-17)16-8-3-2-4-9-16;/h2-4,8-9,15,18H,5-7,10-14H2,1H3,(H2,22,23,24);1H. The Morgan fingerprint density at radius 1 is 1.24 bits per heavy atom. The van der Waals surface area contributed by atoms with Crippen molar-refractivity contribution >= 4 is 35.9 Å². The number of oxazole rings is 1. The van der Waals surface area contributed by atoms with Crippen LogP contribution in [0.5, 0.6) is 0 Å². The number of rotatable bonds is 8. The van der Waals surface area contributed by atoms with Gasteiger partial charge in [0, 0.05) is 25.6 Å². The zero-order chi connectivity index (χ0) is 19.6. The van der Waals surface area contributed by atoms with E-state index in [9.17, 15) is 4.79 Å². The Balaban J connectivity index is 0.00000300. The third-order valence-electron chi connectivity index (χ3n) is 4.68. The largest absolute Gasteiger partial charge is 0.462 e. The van der Waals surface area contributed by atoms with Crippen LogP contribution >= 0.6 is 24.0 Å². The second-order valence-electron chi connectivity index (χ2n) is 6.86. The van der Waals surface area contributed by atoms with Crippen molar-refractivity contribution < 1.29 is 13.9 Å². The Bertz CT molecular complexity index is 773. The van der Waals surface area contributed by atoms with Crippen LogP contribution in [0.25, 0.3) is 11.5 Å². The molecule has 2 N–H and O–H groups in total. The molecule has 1 saturated carbocycles. The Labute approximate surface area is 188 Å². The van der Waals surface area contributed by atoms with E-state index in [1.165, 1.54) is 12.8 Å². The van der Waals surface area contributed by atoms with Crippen molar-refractivity contribution in [3.8, 4) is 11.5 Å². The molecule has 158 valence electrons. The number of nitrogens with one attached hydrogen (secondary N) is 2. The van der Waals surface area contributed by atoms with E-state index < -0.39 is 0 Å². The maximum Gasteiger partial charge on any atom is 0.306 e. The van der Waals surface area contributed by atoms with Crippen molar-refractivity contribution in [3.05, 3.63) is 42.3 Å². The second kappa shape index (κ2) is 12.5. The molecule has 1 aliphatic rings. The number of hydrogen-bond acceptors (Lipinski definition) is 5. The molecule has 1 aliphatic carbocycles. The number of aromatic nitrogens is 1. The molecule has 1 aromatic carbocycles. The highest BCUT2D eigenvalue weighted by atomic mass is 127. The Morgan fingerprint density at radius 2 is 2.00 bits per heavy atom. The average molecular weight is 512 g/mol. The summed E-state index contributed by atoms with van der Waals surface area (Å²) in [6.45, 7) is 1.15. The lowest BCUT2D eigenvalue weighted by Gasteiger charge is -2.12. The van der Waals surface area contributed by atoms with Gasteiger partial charge in [-0.3, -0.25) is 9.79 Å². The fourth-order valence-electron chi connectivity index (χ4n) is 3.19. The number of hydrogen-bond donors (Lipinski definition) is 2. The van der Waals surface area contributed by atoms with Crippen LogP contribution in [0.15, 0.2) is 46.0 Å². The van der Waals surface area contributed by atoms with Gasteiger partial charge < -0.3 is 19.8 Å². The molecule has 0 bridgehead atoms. The topological polar surface area (TPSA) is 88.8 Å². The van der Waals surface area contributed by atoms with E-state index in [1.54, 1.807) is 13.3 Å². The molecule has 0 radical (unpaired) electrons. The summed E-state index contributed by atoms with van der Waals surface area (Å²) in [5, 5.41) is 6.40. The lowest BCUT2D eigenvalue weighted by Crippen LogP contribution is -2.37. The van der Waals surface area contributed by atoms with E-state index in [1.807, 2.05) is 30.3 Å². The van der Waals surface area contributed by atoms with Gasteiger partial charge in [-0.1, -0.05) is 18.2 Å². The lowest BCUT2D eigenvalue weighted by atomic mass is 10.2. The number of guanidine groups is 1. The molecular formula is C21H29IN4O3. The summed E-state index contributed by atoms with van der Waals surface area (Å²) in [5.74, 6) is 1.15. The normalized spacial score (nSPS) is 14.3. The zero-order valence-corrected chi connectivity index (χ0v) is 19.1. The van der Waals surface area contributed by atoms with Gasteiger partial charge in [0.2, 0.25) is 5.89 Å². The zero-order valence-electron chi connectivity index (χ0n) is 16.7. The summed E-state index contributed by atoms with van der Waals surface area (Å²) in [6, 6.07) is 9.78.